The van der Waals surface area contributed by atoms with E-state index in [9.17, 15) is 5.21 Å². The molecule has 0 radical (unpaired) electrons. The summed E-state index contributed by atoms with van der Waals surface area (Å²) in [6, 6.07) is 10.00. The van der Waals surface area contributed by atoms with Crippen molar-refractivity contribution >= 4 is 12.4 Å². The zero-order valence-corrected chi connectivity index (χ0v) is 10.5. The standard InChI is InChI=1S/C13H17NO.ClH/c1-4-10-14(3,15)12(2)11-13-8-6-5-7-9-13;/h1,5-9,12H,10-11H2,2-3H3;1H/t12-,14?;/m1./s1. The topological polar surface area (TPSA) is 23.1 Å². The van der Waals surface area contributed by atoms with Crippen molar-refractivity contribution in [3.05, 3.63) is 41.1 Å². The molecular formula is C13H18ClNO. The molecule has 0 aliphatic carbocycles. The predicted molar refractivity (Wildman–Crippen MR) is 70.1 cm³/mol. The second-order valence-corrected chi connectivity index (χ2v) is 4.08. The smallest absolute Gasteiger partial charge is 0.140 e. The third-order valence-corrected chi connectivity index (χ3v) is 2.71. The zero-order valence-electron chi connectivity index (χ0n) is 9.72. The van der Waals surface area contributed by atoms with Gasteiger partial charge < -0.3 is 9.85 Å². The number of hydroxylamine groups is 3. The van der Waals surface area contributed by atoms with Gasteiger partial charge >= 0.3 is 0 Å². The number of terminal acetylenes is 1. The molecule has 3 heteroatoms. The normalized spacial score (nSPS) is 15.4. The van der Waals surface area contributed by atoms with Crippen LogP contribution in [0.4, 0.5) is 0 Å². The fraction of sp³-hybridized carbons (Fsp3) is 0.385. The maximum atomic E-state index is 12.0. The summed E-state index contributed by atoms with van der Waals surface area (Å²) in [5, 5.41) is 12.0. The maximum absolute atomic E-state index is 12.0. The van der Waals surface area contributed by atoms with Gasteiger partial charge in [0.25, 0.3) is 0 Å². The van der Waals surface area contributed by atoms with Crippen LogP contribution in [-0.2, 0) is 6.42 Å². The van der Waals surface area contributed by atoms with Crippen LogP contribution in [0.5, 0.6) is 0 Å². The molecule has 0 saturated heterocycles. The van der Waals surface area contributed by atoms with Crippen LogP contribution in [-0.4, -0.2) is 24.3 Å². The fourth-order valence-electron chi connectivity index (χ4n) is 1.49. The van der Waals surface area contributed by atoms with E-state index in [1.165, 1.54) is 5.56 Å². The van der Waals surface area contributed by atoms with Crippen molar-refractivity contribution in [1.82, 2.24) is 0 Å². The van der Waals surface area contributed by atoms with Crippen molar-refractivity contribution in [1.29, 1.82) is 0 Å². The number of hydrogen-bond acceptors (Lipinski definition) is 1. The van der Waals surface area contributed by atoms with E-state index in [0.29, 0.717) is 0 Å². The van der Waals surface area contributed by atoms with Crippen LogP contribution in [0.1, 0.15) is 12.5 Å². The molecule has 0 amide bonds. The van der Waals surface area contributed by atoms with E-state index in [-0.39, 0.29) is 29.6 Å². The van der Waals surface area contributed by atoms with E-state index in [4.69, 9.17) is 6.42 Å². The van der Waals surface area contributed by atoms with Gasteiger partial charge in [-0.25, -0.2) is 0 Å². The number of benzene rings is 1. The van der Waals surface area contributed by atoms with Gasteiger partial charge in [-0.2, -0.15) is 0 Å². The Kier molecular flexibility index (Phi) is 6.13. The molecule has 1 aromatic rings. The molecule has 0 heterocycles. The summed E-state index contributed by atoms with van der Waals surface area (Å²) in [4.78, 5) is 0. The fourth-order valence-corrected chi connectivity index (χ4v) is 1.49. The number of nitrogens with zero attached hydrogens (tertiary/aromatic N) is 1. The van der Waals surface area contributed by atoms with Crippen molar-refractivity contribution in [3.63, 3.8) is 0 Å². The minimum Gasteiger partial charge on any atom is -0.632 e. The number of likely N-dealkylation sites (N-methyl/N-ethyl adjacent to an activating group) is 1. The lowest BCUT2D eigenvalue weighted by Gasteiger charge is -2.42. The van der Waals surface area contributed by atoms with Gasteiger partial charge in [0.1, 0.15) is 6.54 Å². The van der Waals surface area contributed by atoms with Crippen molar-refractivity contribution < 1.29 is 4.65 Å². The Bertz CT molecular complexity index is 343. The average Bonchev–Trinajstić information content (AvgIpc) is 2.19. The first kappa shape index (κ1) is 15.0. The molecule has 1 rings (SSSR count). The van der Waals surface area contributed by atoms with Gasteiger partial charge in [0.15, 0.2) is 0 Å². The van der Waals surface area contributed by atoms with E-state index in [2.05, 4.69) is 5.92 Å². The minimum atomic E-state index is -0.370. The molecule has 16 heavy (non-hydrogen) atoms. The lowest BCUT2D eigenvalue weighted by molar-refractivity contribution is -0.877. The zero-order chi connectivity index (χ0) is 11.3. The van der Waals surface area contributed by atoms with Gasteiger partial charge in [-0.3, -0.25) is 0 Å². The molecule has 2 nitrogen and oxygen atoms in total. The third-order valence-electron chi connectivity index (χ3n) is 2.71. The van der Waals surface area contributed by atoms with Crippen LogP contribution in [0.15, 0.2) is 30.3 Å². The Morgan fingerprint density at radius 3 is 2.44 bits per heavy atom. The Morgan fingerprint density at radius 2 is 1.94 bits per heavy atom. The highest BCUT2D eigenvalue weighted by Crippen LogP contribution is 2.13. The van der Waals surface area contributed by atoms with Crippen molar-refractivity contribution in [2.45, 2.75) is 19.4 Å². The van der Waals surface area contributed by atoms with Gasteiger partial charge in [0.05, 0.1) is 13.1 Å². The van der Waals surface area contributed by atoms with Crippen molar-refractivity contribution in [2.24, 2.45) is 0 Å². The summed E-state index contributed by atoms with van der Waals surface area (Å²) >= 11 is 0. The molecule has 0 aliphatic rings. The van der Waals surface area contributed by atoms with E-state index in [1.54, 1.807) is 7.05 Å². The minimum absolute atomic E-state index is 0. The first-order chi connectivity index (χ1) is 7.06. The Morgan fingerprint density at radius 1 is 1.38 bits per heavy atom. The van der Waals surface area contributed by atoms with E-state index in [1.807, 2.05) is 37.3 Å². The monoisotopic (exact) mass is 239 g/mol. The molecular weight excluding hydrogens is 222 g/mol. The first-order valence-electron chi connectivity index (χ1n) is 5.10. The van der Waals surface area contributed by atoms with Crippen LogP contribution in [0, 0.1) is 17.6 Å². The molecule has 88 valence electrons. The van der Waals surface area contributed by atoms with Crippen molar-refractivity contribution in [3.8, 4) is 12.3 Å². The predicted octanol–water partition coefficient (Wildman–Crippen LogP) is 2.62. The second-order valence-electron chi connectivity index (χ2n) is 4.08. The Labute approximate surface area is 104 Å². The van der Waals surface area contributed by atoms with Crippen LogP contribution in [0.3, 0.4) is 0 Å². The van der Waals surface area contributed by atoms with E-state index in [0.717, 1.165) is 6.42 Å². The van der Waals surface area contributed by atoms with E-state index < -0.39 is 0 Å². The van der Waals surface area contributed by atoms with Crippen LogP contribution < -0.4 is 0 Å². The van der Waals surface area contributed by atoms with Crippen LogP contribution in [0.25, 0.3) is 0 Å². The Balaban J connectivity index is 0.00000225. The lowest BCUT2D eigenvalue weighted by atomic mass is 10.1. The number of rotatable bonds is 4. The van der Waals surface area contributed by atoms with Crippen molar-refractivity contribution in [2.75, 3.05) is 13.6 Å². The second kappa shape index (κ2) is 6.55. The van der Waals surface area contributed by atoms with Gasteiger partial charge in [0.2, 0.25) is 0 Å². The summed E-state index contributed by atoms with van der Waals surface area (Å²) in [5.41, 5.74) is 1.18. The molecule has 0 fully saturated rings. The molecule has 0 aliphatic heterocycles. The summed E-state index contributed by atoms with van der Waals surface area (Å²) in [5.74, 6) is 2.43. The molecule has 0 aromatic heterocycles. The third kappa shape index (κ3) is 4.24. The van der Waals surface area contributed by atoms with E-state index >= 15 is 0 Å². The summed E-state index contributed by atoms with van der Waals surface area (Å²) in [7, 11) is 1.63. The number of quaternary nitrogens is 1. The average molecular weight is 240 g/mol. The Hall–Kier alpha value is -1.01. The lowest BCUT2D eigenvalue weighted by Crippen LogP contribution is -2.46. The first-order valence-corrected chi connectivity index (χ1v) is 5.10. The summed E-state index contributed by atoms with van der Waals surface area (Å²) in [6.45, 7) is 2.17. The highest BCUT2D eigenvalue weighted by molar-refractivity contribution is 5.85. The molecule has 1 unspecified atom stereocenters. The molecule has 0 spiro atoms. The number of hydrogen-bond donors (Lipinski definition) is 0. The molecule has 0 bridgehead atoms. The maximum Gasteiger partial charge on any atom is 0.140 e. The van der Waals surface area contributed by atoms with Gasteiger partial charge in [0, 0.05) is 6.42 Å². The molecule has 0 N–H and O–H groups in total. The highest BCUT2D eigenvalue weighted by Gasteiger charge is 2.18. The van der Waals surface area contributed by atoms with Crippen LogP contribution in [0.2, 0.25) is 0 Å². The molecule has 2 atom stereocenters. The largest absolute Gasteiger partial charge is 0.632 e. The van der Waals surface area contributed by atoms with Crippen LogP contribution >= 0.6 is 12.4 Å². The van der Waals surface area contributed by atoms with Gasteiger partial charge in [-0.05, 0) is 18.4 Å². The SMILES string of the molecule is C#CC[N+](C)([O-])[C@H](C)Cc1ccccc1.Cl. The van der Waals surface area contributed by atoms with Gasteiger partial charge in [-0.1, -0.05) is 30.3 Å². The summed E-state index contributed by atoms with van der Waals surface area (Å²) < 4.78 is -0.370. The molecule has 1 aromatic carbocycles. The quantitative estimate of drug-likeness (QED) is 0.450. The highest BCUT2D eigenvalue weighted by atomic mass is 35.5. The number of halogens is 1. The van der Waals surface area contributed by atoms with Gasteiger partial charge in [-0.15, -0.1) is 18.8 Å². The summed E-state index contributed by atoms with van der Waals surface area (Å²) in [6.07, 6.45) is 5.95. The molecule has 0 saturated carbocycles.